The number of ether oxygens (including phenoxy) is 1. The molecule has 0 heterocycles. The van der Waals surface area contributed by atoms with E-state index in [1.54, 1.807) is 7.11 Å². The molecular formula is C16H21BrO. The first-order chi connectivity index (χ1) is 8.75. The van der Waals surface area contributed by atoms with Gasteiger partial charge in [-0.3, -0.25) is 0 Å². The van der Waals surface area contributed by atoms with Crippen LogP contribution in [0.25, 0.3) is 0 Å². The minimum atomic E-state index is 0.509. The highest BCUT2D eigenvalue weighted by molar-refractivity contribution is 9.09. The minimum Gasteiger partial charge on any atom is -0.497 e. The molecule has 0 aromatic heterocycles. The Morgan fingerprint density at radius 1 is 1.39 bits per heavy atom. The Morgan fingerprint density at radius 3 is 2.89 bits per heavy atom. The van der Waals surface area contributed by atoms with Crippen LogP contribution in [-0.4, -0.2) is 12.4 Å². The Hall–Kier alpha value is -0.500. The molecular weight excluding hydrogens is 288 g/mol. The number of rotatable bonds is 4. The van der Waals surface area contributed by atoms with Crippen molar-refractivity contribution in [2.24, 2.45) is 17.3 Å². The van der Waals surface area contributed by atoms with E-state index in [1.165, 1.54) is 37.7 Å². The van der Waals surface area contributed by atoms with Crippen LogP contribution in [0.4, 0.5) is 0 Å². The molecule has 3 rings (SSSR count). The van der Waals surface area contributed by atoms with E-state index in [9.17, 15) is 0 Å². The van der Waals surface area contributed by atoms with E-state index in [2.05, 4.69) is 34.1 Å². The summed E-state index contributed by atoms with van der Waals surface area (Å²) in [5, 5.41) is 1.15. The lowest BCUT2D eigenvalue weighted by Crippen LogP contribution is -2.32. The molecule has 0 saturated heterocycles. The number of benzene rings is 1. The summed E-state index contributed by atoms with van der Waals surface area (Å²) < 4.78 is 5.34. The van der Waals surface area contributed by atoms with E-state index in [1.807, 2.05) is 6.07 Å². The predicted octanol–water partition coefficient (Wildman–Crippen LogP) is 4.44. The van der Waals surface area contributed by atoms with Gasteiger partial charge in [0.1, 0.15) is 5.75 Å². The van der Waals surface area contributed by atoms with Crippen LogP contribution < -0.4 is 4.74 Å². The quantitative estimate of drug-likeness (QED) is 0.747. The molecule has 1 aromatic rings. The fourth-order valence-corrected chi connectivity index (χ4v) is 5.06. The molecule has 98 valence electrons. The second-order valence-corrected chi connectivity index (χ2v) is 6.67. The normalized spacial score (nSPS) is 33.9. The van der Waals surface area contributed by atoms with Crippen LogP contribution >= 0.6 is 15.9 Å². The summed E-state index contributed by atoms with van der Waals surface area (Å²) in [7, 11) is 1.75. The van der Waals surface area contributed by atoms with Gasteiger partial charge in [0.25, 0.3) is 0 Å². The SMILES string of the molecule is COc1cccc(CC2(CBr)CC3CCC2C3)c1. The van der Waals surface area contributed by atoms with Gasteiger partial charge >= 0.3 is 0 Å². The molecule has 0 N–H and O–H groups in total. The van der Waals surface area contributed by atoms with Gasteiger partial charge in [0.2, 0.25) is 0 Å². The lowest BCUT2D eigenvalue weighted by molar-refractivity contribution is 0.197. The van der Waals surface area contributed by atoms with Gasteiger partial charge in [-0.2, -0.15) is 0 Å². The average Bonchev–Trinajstić information content (AvgIpc) is 3.00. The third kappa shape index (κ3) is 2.09. The van der Waals surface area contributed by atoms with E-state index in [4.69, 9.17) is 4.74 Å². The predicted molar refractivity (Wildman–Crippen MR) is 78.4 cm³/mol. The van der Waals surface area contributed by atoms with E-state index >= 15 is 0 Å². The second kappa shape index (κ2) is 4.88. The third-order valence-electron chi connectivity index (χ3n) is 5.06. The summed E-state index contributed by atoms with van der Waals surface area (Å²) in [5.74, 6) is 2.92. The highest BCUT2D eigenvalue weighted by Crippen LogP contribution is 2.58. The van der Waals surface area contributed by atoms with Crippen molar-refractivity contribution in [3.63, 3.8) is 0 Å². The molecule has 2 saturated carbocycles. The fraction of sp³-hybridized carbons (Fsp3) is 0.625. The van der Waals surface area contributed by atoms with Crippen molar-refractivity contribution in [1.29, 1.82) is 0 Å². The molecule has 2 heteroatoms. The molecule has 0 aliphatic heterocycles. The second-order valence-electron chi connectivity index (χ2n) is 6.10. The maximum atomic E-state index is 5.34. The van der Waals surface area contributed by atoms with Crippen LogP contribution in [0.1, 0.15) is 31.2 Å². The van der Waals surface area contributed by atoms with Crippen LogP contribution in [0.2, 0.25) is 0 Å². The van der Waals surface area contributed by atoms with Crippen molar-refractivity contribution in [2.45, 2.75) is 32.1 Å². The van der Waals surface area contributed by atoms with Gasteiger partial charge in [-0.05, 0) is 60.6 Å². The molecule has 0 radical (unpaired) electrons. The molecule has 3 unspecified atom stereocenters. The average molecular weight is 309 g/mol. The zero-order valence-electron chi connectivity index (χ0n) is 11.0. The maximum absolute atomic E-state index is 5.34. The Balaban J connectivity index is 1.81. The van der Waals surface area contributed by atoms with Crippen molar-refractivity contribution < 1.29 is 4.74 Å². The van der Waals surface area contributed by atoms with Crippen LogP contribution in [-0.2, 0) is 6.42 Å². The van der Waals surface area contributed by atoms with Crippen molar-refractivity contribution in [3.05, 3.63) is 29.8 Å². The van der Waals surface area contributed by atoms with E-state index in [-0.39, 0.29) is 0 Å². The number of alkyl halides is 1. The molecule has 0 spiro atoms. The standard InChI is InChI=1S/C16H21BrO/c1-18-15-4-2-3-12(8-15)9-16(11-17)10-13-5-6-14(16)7-13/h2-4,8,13-14H,5-7,9-11H2,1H3. The first-order valence-electron chi connectivity index (χ1n) is 6.95. The minimum absolute atomic E-state index is 0.509. The Bertz CT molecular complexity index is 431. The van der Waals surface area contributed by atoms with Crippen LogP contribution in [0.3, 0.4) is 0 Å². The first kappa shape index (κ1) is 12.5. The maximum Gasteiger partial charge on any atom is 0.119 e. The van der Waals surface area contributed by atoms with Crippen molar-refractivity contribution in [3.8, 4) is 5.75 Å². The van der Waals surface area contributed by atoms with Gasteiger partial charge in [0, 0.05) is 5.33 Å². The Labute approximate surface area is 118 Å². The molecule has 1 aromatic carbocycles. The lowest BCUT2D eigenvalue weighted by Gasteiger charge is -2.36. The van der Waals surface area contributed by atoms with Crippen LogP contribution in [0.5, 0.6) is 5.75 Å². The molecule has 2 aliphatic carbocycles. The summed E-state index contributed by atoms with van der Waals surface area (Å²) in [6.45, 7) is 0. The Kier molecular flexibility index (Phi) is 3.40. The summed E-state index contributed by atoms with van der Waals surface area (Å²) in [6, 6.07) is 8.60. The highest BCUT2D eigenvalue weighted by atomic mass is 79.9. The molecule has 18 heavy (non-hydrogen) atoms. The van der Waals surface area contributed by atoms with Gasteiger partial charge in [0.15, 0.2) is 0 Å². The summed E-state index contributed by atoms with van der Waals surface area (Å²) in [6.07, 6.45) is 7.00. The Morgan fingerprint density at radius 2 is 2.28 bits per heavy atom. The molecule has 2 fully saturated rings. The largest absolute Gasteiger partial charge is 0.497 e. The zero-order chi connectivity index (χ0) is 12.6. The van der Waals surface area contributed by atoms with E-state index < -0.39 is 0 Å². The van der Waals surface area contributed by atoms with Crippen LogP contribution in [0, 0.1) is 17.3 Å². The lowest BCUT2D eigenvalue weighted by atomic mass is 9.71. The number of halogens is 1. The fourth-order valence-electron chi connectivity index (χ4n) is 4.17. The molecule has 0 amide bonds. The number of hydrogen-bond acceptors (Lipinski definition) is 1. The monoisotopic (exact) mass is 308 g/mol. The number of hydrogen-bond donors (Lipinski definition) is 0. The van der Waals surface area contributed by atoms with Crippen molar-refractivity contribution >= 4 is 15.9 Å². The highest BCUT2D eigenvalue weighted by Gasteiger charge is 2.49. The zero-order valence-corrected chi connectivity index (χ0v) is 12.6. The number of methoxy groups -OCH3 is 1. The summed E-state index contributed by atoms with van der Waals surface area (Å²) >= 11 is 3.80. The summed E-state index contributed by atoms with van der Waals surface area (Å²) in [4.78, 5) is 0. The van der Waals surface area contributed by atoms with Gasteiger partial charge in [-0.1, -0.05) is 34.5 Å². The van der Waals surface area contributed by atoms with Crippen molar-refractivity contribution in [2.75, 3.05) is 12.4 Å². The molecule has 2 bridgehead atoms. The van der Waals surface area contributed by atoms with E-state index in [0.29, 0.717) is 5.41 Å². The van der Waals surface area contributed by atoms with Gasteiger partial charge in [-0.25, -0.2) is 0 Å². The summed E-state index contributed by atoms with van der Waals surface area (Å²) in [5.41, 5.74) is 1.94. The first-order valence-corrected chi connectivity index (χ1v) is 8.07. The smallest absolute Gasteiger partial charge is 0.119 e. The molecule has 2 aliphatic rings. The van der Waals surface area contributed by atoms with Crippen molar-refractivity contribution in [1.82, 2.24) is 0 Å². The van der Waals surface area contributed by atoms with Gasteiger partial charge in [0.05, 0.1) is 7.11 Å². The van der Waals surface area contributed by atoms with E-state index in [0.717, 1.165) is 22.9 Å². The van der Waals surface area contributed by atoms with Crippen LogP contribution in [0.15, 0.2) is 24.3 Å². The molecule has 3 atom stereocenters. The van der Waals surface area contributed by atoms with Gasteiger partial charge in [-0.15, -0.1) is 0 Å². The topological polar surface area (TPSA) is 9.23 Å². The number of fused-ring (bicyclic) bond motifs is 2. The third-order valence-corrected chi connectivity index (χ3v) is 6.18. The van der Waals surface area contributed by atoms with Gasteiger partial charge < -0.3 is 4.74 Å². The molecule has 1 nitrogen and oxygen atoms in total.